The number of nitrogens with two attached hydrogens (primary N) is 1. The SMILES string of the molecule is NC1CC(Oc2ccc3ncc(-c4cc5cc(F)ccc5o4)n3n2)C1. The fraction of sp³-hybridized carbons (Fsp3) is 0.222. The molecule has 1 fully saturated rings. The van der Waals surface area contributed by atoms with Gasteiger partial charge < -0.3 is 14.9 Å². The Morgan fingerprint density at radius 1 is 1.20 bits per heavy atom. The van der Waals surface area contributed by atoms with Crippen molar-refractivity contribution in [3.05, 3.63) is 48.4 Å². The van der Waals surface area contributed by atoms with E-state index in [0.29, 0.717) is 34.0 Å². The molecule has 1 aromatic carbocycles. The third-order valence-electron chi connectivity index (χ3n) is 4.49. The van der Waals surface area contributed by atoms with Crippen LogP contribution in [0.3, 0.4) is 0 Å². The van der Waals surface area contributed by atoms with Crippen molar-refractivity contribution in [2.45, 2.75) is 25.0 Å². The van der Waals surface area contributed by atoms with E-state index in [2.05, 4.69) is 10.1 Å². The molecule has 3 aromatic heterocycles. The van der Waals surface area contributed by atoms with Crippen LogP contribution in [0.5, 0.6) is 5.88 Å². The van der Waals surface area contributed by atoms with Crippen LogP contribution >= 0.6 is 0 Å². The maximum atomic E-state index is 13.4. The lowest BCUT2D eigenvalue weighted by Crippen LogP contribution is -2.43. The van der Waals surface area contributed by atoms with Gasteiger partial charge in [-0.25, -0.2) is 13.9 Å². The van der Waals surface area contributed by atoms with Crippen molar-refractivity contribution in [2.75, 3.05) is 0 Å². The highest BCUT2D eigenvalue weighted by Gasteiger charge is 2.28. The first kappa shape index (κ1) is 14.4. The molecular weight excluding hydrogens is 323 g/mol. The number of nitrogens with zero attached hydrogens (tertiary/aromatic N) is 3. The van der Waals surface area contributed by atoms with Gasteiger partial charge in [0.15, 0.2) is 11.4 Å². The summed E-state index contributed by atoms with van der Waals surface area (Å²) in [7, 11) is 0. The van der Waals surface area contributed by atoms with Crippen LogP contribution in [0.15, 0.2) is 47.0 Å². The molecule has 4 aromatic rings. The molecule has 0 amide bonds. The van der Waals surface area contributed by atoms with E-state index < -0.39 is 0 Å². The van der Waals surface area contributed by atoms with Gasteiger partial charge in [-0.3, -0.25) is 0 Å². The number of rotatable bonds is 3. The second kappa shape index (κ2) is 5.29. The zero-order chi connectivity index (χ0) is 17.0. The molecule has 3 heterocycles. The van der Waals surface area contributed by atoms with Gasteiger partial charge in [0.25, 0.3) is 0 Å². The van der Waals surface area contributed by atoms with E-state index in [9.17, 15) is 4.39 Å². The quantitative estimate of drug-likeness (QED) is 0.621. The van der Waals surface area contributed by atoms with Crippen LogP contribution in [0.1, 0.15) is 12.8 Å². The minimum Gasteiger partial charge on any atom is -0.473 e. The molecule has 5 rings (SSSR count). The van der Waals surface area contributed by atoms with Crippen LogP contribution in [0.4, 0.5) is 4.39 Å². The molecule has 7 heteroatoms. The number of furan rings is 1. The minimum atomic E-state index is -0.300. The maximum absolute atomic E-state index is 13.4. The Balaban J connectivity index is 1.55. The summed E-state index contributed by atoms with van der Waals surface area (Å²) in [4.78, 5) is 4.34. The highest BCUT2D eigenvalue weighted by atomic mass is 19.1. The number of imidazole rings is 1. The number of fused-ring (bicyclic) bond motifs is 2. The standard InChI is InChI=1S/C18H15FN4O2/c19-11-1-2-15-10(5-11)6-16(25-15)14-9-21-17-3-4-18(22-23(14)17)24-13-7-12(20)8-13/h1-6,9,12-13H,7-8,20H2. The van der Waals surface area contributed by atoms with Gasteiger partial charge in [-0.2, -0.15) is 0 Å². The summed E-state index contributed by atoms with van der Waals surface area (Å²) in [6.07, 6.45) is 3.47. The molecule has 126 valence electrons. The van der Waals surface area contributed by atoms with Gasteiger partial charge in [-0.1, -0.05) is 0 Å². The van der Waals surface area contributed by atoms with Gasteiger partial charge in [-0.05, 0) is 43.2 Å². The third kappa shape index (κ3) is 2.44. The first-order chi connectivity index (χ1) is 12.2. The van der Waals surface area contributed by atoms with Crippen molar-refractivity contribution < 1.29 is 13.5 Å². The van der Waals surface area contributed by atoms with Crippen molar-refractivity contribution in [1.29, 1.82) is 0 Å². The van der Waals surface area contributed by atoms with Crippen molar-refractivity contribution >= 4 is 16.6 Å². The van der Waals surface area contributed by atoms with Crippen LogP contribution in [-0.2, 0) is 0 Å². The lowest BCUT2D eigenvalue weighted by Gasteiger charge is -2.31. The van der Waals surface area contributed by atoms with E-state index in [1.165, 1.54) is 12.1 Å². The lowest BCUT2D eigenvalue weighted by atomic mass is 9.90. The van der Waals surface area contributed by atoms with Crippen LogP contribution in [0.25, 0.3) is 28.1 Å². The number of aromatic nitrogens is 3. The van der Waals surface area contributed by atoms with Gasteiger partial charge in [-0.15, -0.1) is 5.10 Å². The predicted molar refractivity (Wildman–Crippen MR) is 89.8 cm³/mol. The molecule has 0 spiro atoms. The molecule has 0 saturated heterocycles. The maximum Gasteiger partial charge on any atom is 0.232 e. The summed E-state index contributed by atoms with van der Waals surface area (Å²) < 4.78 is 26.7. The fourth-order valence-electron chi connectivity index (χ4n) is 3.10. The summed E-state index contributed by atoms with van der Waals surface area (Å²) >= 11 is 0. The minimum absolute atomic E-state index is 0.112. The summed E-state index contributed by atoms with van der Waals surface area (Å²) in [6.45, 7) is 0. The predicted octanol–water partition coefficient (Wildman–Crippen LogP) is 3.15. The van der Waals surface area contributed by atoms with Crippen molar-refractivity contribution in [1.82, 2.24) is 14.6 Å². The molecule has 0 atom stereocenters. The molecule has 6 nitrogen and oxygen atoms in total. The molecule has 0 radical (unpaired) electrons. The second-order valence-corrected chi connectivity index (χ2v) is 6.35. The Labute approximate surface area is 142 Å². The molecule has 0 unspecified atom stereocenters. The summed E-state index contributed by atoms with van der Waals surface area (Å²) in [5.74, 6) is 0.791. The Hall–Kier alpha value is -2.93. The van der Waals surface area contributed by atoms with Crippen LogP contribution < -0.4 is 10.5 Å². The molecule has 0 bridgehead atoms. The second-order valence-electron chi connectivity index (χ2n) is 6.35. The molecule has 25 heavy (non-hydrogen) atoms. The van der Waals surface area contributed by atoms with E-state index in [0.717, 1.165) is 12.8 Å². The van der Waals surface area contributed by atoms with E-state index in [1.807, 2.05) is 6.07 Å². The number of hydrogen-bond donors (Lipinski definition) is 1. The Morgan fingerprint density at radius 2 is 2.08 bits per heavy atom. The van der Waals surface area contributed by atoms with E-state index in [1.54, 1.807) is 28.9 Å². The molecule has 0 aliphatic heterocycles. The average Bonchev–Trinajstić information content (AvgIpc) is 3.16. The van der Waals surface area contributed by atoms with Gasteiger partial charge in [0.2, 0.25) is 5.88 Å². The first-order valence-electron chi connectivity index (χ1n) is 8.12. The Kier molecular flexibility index (Phi) is 3.05. The van der Waals surface area contributed by atoms with E-state index in [-0.39, 0.29) is 18.0 Å². The van der Waals surface area contributed by atoms with Crippen molar-refractivity contribution in [3.8, 4) is 17.3 Å². The molecular formula is C18H15FN4O2. The zero-order valence-electron chi connectivity index (χ0n) is 13.2. The smallest absolute Gasteiger partial charge is 0.232 e. The number of hydrogen-bond acceptors (Lipinski definition) is 5. The first-order valence-corrected chi connectivity index (χ1v) is 8.12. The number of ether oxygens (including phenoxy) is 1. The van der Waals surface area contributed by atoms with Gasteiger partial charge >= 0.3 is 0 Å². The van der Waals surface area contributed by atoms with E-state index >= 15 is 0 Å². The van der Waals surface area contributed by atoms with Gasteiger partial charge in [0.05, 0.1) is 6.20 Å². The van der Waals surface area contributed by atoms with Crippen LogP contribution in [-0.4, -0.2) is 26.7 Å². The highest BCUT2D eigenvalue weighted by Crippen LogP contribution is 2.29. The highest BCUT2D eigenvalue weighted by molar-refractivity contribution is 5.82. The molecule has 1 saturated carbocycles. The summed E-state index contributed by atoms with van der Waals surface area (Å²) in [6, 6.07) is 10.1. The average molecular weight is 338 g/mol. The van der Waals surface area contributed by atoms with Crippen molar-refractivity contribution in [2.24, 2.45) is 5.73 Å². The van der Waals surface area contributed by atoms with E-state index in [4.69, 9.17) is 14.9 Å². The zero-order valence-corrected chi connectivity index (χ0v) is 13.2. The third-order valence-corrected chi connectivity index (χ3v) is 4.49. The number of halogens is 1. The fourth-order valence-corrected chi connectivity index (χ4v) is 3.10. The largest absolute Gasteiger partial charge is 0.473 e. The summed E-state index contributed by atoms with van der Waals surface area (Å²) in [5, 5.41) is 5.20. The lowest BCUT2D eigenvalue weighted by molar-refractivity contribution is 0.0944. The Morgan fingerprint density at radius 3 is 2.92 bits per heavy atom. The summed E-state index contributed by atoms with van der Waals surface area (Å²) in [5.41, 5.74) is 7.77. The molecule has 1 aliphatic rings. The Bertz CT molecular complexity index is 1080. The van der Waals surface area contributed by atoms with Gasteiger partial charge in [0.1, 0.15) is 23.2 Å². The normalized spacial score (nSPS) is 20.1. The molecule has 1 aliphatic carbocycles. The molecule has 2 N–H and O–H groups in total. The van der Waals surface area contributed by atoms with Crippen LogP contribution in [0, 0.1) is 5.82 Å². The number of benzene rings is 1. The van der Waals surface area contributed by atoms with Crippen molar-refractivity contribution in [3.63, 3.8) is 0 Å². The topological polar surface area (TPSA) is 78.6 Å². The van der Waals surface area contributed by atoms with Crippen LogP contribution in [0.2, 0.25) is 0 Å². The van der Waals surface area contributed by atoms with Gasteiger partial charge in [0, 0.05) is 17.5 Å². The monoisotopic (exact) mass is 338 g/mol.